The Bertz CT molecular complexity index is 597. The predicted octanol–water partition coefficient (Wildman–Crippen LogP) is 4.76. The Labute approximate surface area is 99.9 Å². The number of benzene rings is 1. The summed E-state index contributed by atoms with van der Waals surface area (Å²) in [6.45, 7) is 4.56. The second-order valence-electron chi connectivity index (χ2n) is 4.78. The van der Waals surface area contributed by atoms with Gasteiger partial charge in [0.25, 0.3) is 0 Å². The summed E-state index contributed by atoms with van der Waals surface area (Å²) >= 11 is 1.92. The molecule has 0 amide bonds. The summed E-state index contributed by atoms with van der Waals surface area (Å²) < 4.78 is 1.39. The summed E-state index contributed by atoms with van der Waals surface area (Å²) in [5.74, 6) is 0. The molecule has 1 aromatic heterocycles. The summed E-state index contributed by atoms with van der Waals surface area (Å²) in [4.78, 5) is 1.47. The van der Waals surface area contributed by atoms with Gasteiger partial charge in [0.15, 0.2) is 0 Å². The highest BCUT2D eigenvalue weighted by Crippen LogP contribution is 2.41. The van der Waals surface area contributed by atoms with Crippen LogP contribution in [0.4, 0.5) is 0 Å². The highest BCUT2D eigenvalue weighted by atomic mass is 32.1. The van der Waals surface area contributed by atoms with E-state index in [1.807, 2.05) is 11.3 Å². The molecule has 1 aromatic carbocycles. The lowest BCUT2D eigenvalue weighted by molar-refractivity contribution is 0.686. The van der Waals surface area contributed by atoms with E-state index in [1.54, 1.807) is 0 Å². The van der Waals surface area contributed by atoms with Crippen molar-refractivity contribution in [3.05, 3.63) is 52.9 Å². The Hall–Kier alpha value is -1.34. The van der Waals surface area contributed by atoms with Crippen LogP contribution >= 0.6 is 11.3 Å². The molecule has 0 spiro atoms. The second-order valence-corrected chi connectivity index (χ2v) is 5.83. The average Bonchev–Trinajstić information content (AvgIpc) is 2.57. The Morgan fingerprint density at radius 1 is 1.06 bits per heavy atom. The van der Waals surface area contributed by atoms with Gasteiger partial charge in [0, 0.05) is 15.0 Å². The summed E-state index contributed by atoms with van der Waals surface area (Å²) in [5, 5.41) is 1.38. The standard InChI is InChI=1S/C15H14S/c1-15(2)10-6-5-8-12-11-7-3-4-9-13(11)16-14(12)15/h3-10H,1-2H3. The smallest absolute Gasteiger partial charge is 0.0352 e. The average molecular weight is 226 g/mol. The van der Waals surface area contributed by atoms with E-state index >= 15 is 0 Å². The van der Waals surface area contributed by atoms with E-state index in [1.165, 1.54) is 20.5 Å². The van der Waals surface area contributed by atoms with Crippen LogP contribution in [0.1, 0.15) is 24.3 Å². The molecule has 0 radical (unpaired) electrons. The molecule has 80 valence electrons. The van der Waals surface area contributed by atoms with Gasteiger partial charge in [-0.15, -0.1) is 11.3 Å². The Balaban J connectivity index is 2.40. The minimum absolute atomic E-state index is 0.141. The summed E-state index contributed by atoms with van der Waals surface area (Å²) in [6, 6.07) is 8.66. The van der Waals surface area contributed by atoms with Gasteiger partial charge in [-0.05, 0) is 17.0 Å². The molecule has 3 rings (SSSR count). The van der Waals surface area contributed by atoms with Gasteiger partial charge in [0.1, 0.15) is 0 Å². The third-order valence-corrected chi connectivity index (χ3v) is 4.63. The fraction of sp³-hybridized carbons (Fsp3) is 0.200. The van der Waals surface area contributed by atoms with Gasteiger partial charge < -0.3 is 0 Å². The van der Waals surface area contributed by atoms with Crippen molar-refractivity contribution >= 4 is 27.5 Å². The quantitative estimate of drug-likeness (QED) is 0.607. The van der Waals surface area contributed by atoms with Crippen molar-refractivity contribution in [3.63, 3.8) is 0 Å². The van der Waals surface area contributed by atoms with E-state index in [0.29, 0.717) is 0 Å². The third kappa shape index (κ3) is 1.35. The molecule has 0 saturated heterocycles. The Kier molecular flexibility index (Phi) is 2.05. The molecule has 0 atom stereocenters. The molecular weight excluding hydrogens is 212 g/mol. The molecule has 16 heavy (non-hydrogen) atoms. The van der Waals surface area contributed by atoms with Crippen LogP contribution in [0.15, 0.2) is 42.5 Å². The minimum Gasteiger partial charge on any atom is -0.139 e. The summed E-state index contributed by atoms with van der Waals surface area (Å²) in [5.41, 5.74) is 1.54. The number of fused-ring (bicyclic) bond motifs is 3. The van der Waals surface area contributed by atoms with Gasteiger partial charge in [0.05, 0.1) is 0 Å². The van der Waals surface area contributed by atoms with Crippen LogP contribution in [0.5, 0.6) is 0 Å². The first kappa shape index (κ1) is 9.86. The van der Waals surface area contributed by atoms with Crippen LogP contribution in [-0.2, 0) is 5.41 Å². The molecule has 0 nitrogen and oxygen atoms in total. The normalized spacial score (nSPS) is 17.4. The highest BCUT2D eigenvalue weighted by molar-refractivity contribution is 7.19. The number of hydrogen-bond donors (Lipinski definition) is 0. The first-order valence-electron chi connectivity index (χ1n) is 5.56. The second kappa shape index (κ2) is 3.33. The van der Waals surface area contributed by atoms with Gasteiger partial charge in [-0.3, -0.25) is 0 Å². The monoisotopic (exact) mass is 226 g/mol. The molecule has 1 heteroatoms. The van der Waals surface area contributed by atoms with Crippen molar-refractivity contribution < 1.29 is 0 Å². The van der Waals surface area contributed by atoms with Crippen LogP contribution in [0.25, 0.3) is 16.2 Å². The fourth-order valence-electron chi connectivity index (χ4n) is 2.23. The van der Waals surface area contributed by atoms with E-state index in [0.717, 1.165) is 0 Å². The molecule has 0 saturated carbocycles. The predicted molar refractivity (Wildman–Crippen MR) is 73.0 cm³/mol. The zero-order valence-electron chi connectivity index (χ0n) is 9.53. The zero-order valence-corrected chi connectivity index (χ0v) is 10.3. The summed E-state index contributed by atoms with van der Waals surface area (Å²) in [7, 11) is 0. The highest BCUT2D eigenvalue weighted by Gasteiger charge is 2.24. The zero-order chi connectivity index (χ0) is 11.2. The number of thiophene rings is 1. The molecule has 0 bridgehead atoms. The van der Waals surface area contributed by atoms with E-state index in [-0.39, 0.29) is 5.41 Å². The van der Waals surface area contributed by atoms with Crippen molar-refractivity contribution in [1.82, 2.24) is 0 Å². The van der Waals surface area contributed by atoms with Crippen molar-refractivity contribution in [2.45, 2.75) is 19.3 Å². The molecule has 0 aliphatic heterocycles. The lowest BCUT2D eigenvalue weighted by atomic mass is 9.89. The molecule has 0 unspecified atom stereocenters. The maximum atomic E-state index is 2.28. The molecule has 0 N–H and O–H groups in total. The van der Waals surface area contributed by atoms with Crippen LogP contribution in [0.2, 0.25) is 0 Å². The summed E-state index contributed by atoms with van der Waals surface area (Å²) in [6.07, 6.45) is 8.82. The van der Waals surface area contributed by atoms with Crippen molar-refractivity contribution in [3.8, 4) is 0 Å². The Morgan fingerprint density at radius 3 is 2.75 bits per heavy atom. The van der Waals surface area contributed by atoms with Crippen LogP contribution in [0, 0.1) is 0 Å². The van der Waals surface area contributed by atoms with Crippen molar-refractivity contribution in [2.75, 3.05) is 0 Å². The lowest BCUT2D eigenvalue weighted by Crippen LogP contribution is -2.11. The first-order chi connectivity index (χ1) is 7.68. The topological polar surface area (TPSA) is 0 Å². The Morgan fingerprint density at radius 2 is 1.88 bits per heavy atom. The van der Waals surface area contributed by atoms with E-state index in [9.17, 15) is 0 Å². The van der Waals surface area contributed by atoms with Crippen molar-refractivity contribution in [2.24, 2.45) is 0 Å². The molecule has 1 aliphatic rings. The van der Waals surface area contributed by atoms with Crippen molar-refractivity contribution in [1.29, 1.82) is 0 Å². The van der Waals surface area contributed by atoms with Gasteiger partial charge in [-0.1, -0.05) is 56.4 Å². The number of rotatable bonds is 0. The lowest BCUT2D eigenvalue weighted by Gasteiger charge is -2.18. The largest absolute Gasteiger partial charge is 0.139 e. The first-order valence-corrected chi connectivity index (χ1v) is 6.38. The maximum Gasteiger partial charge on any atom is 0.0352 e. The SMILES string of the molecule is CC1(C)C=CC=Cc2c1sc1ccccc21. The van der Waals surface area contributed by atoms with Crippen LogP contribution in [-0.4, -0.2) is 0 Å². The van der Waals surface area contributed by atoms with E-state index in [4.69, 9.17) is 0 Å². The molecule has 0 fully saturated rings. The third-order valence-electron chi connectivity index (χ3n) is 3.11. The van der Waals surface area contributed by atoms with Crippen LogP contribution in [0.3, 0.4) is 0 Å². The van der Waals surface area contributed by atoms with E-state index in [2.05, 4.69) is 62.4 Å². The molecular formula is C15H14S. The number of hydrogen-bond acceptors (Lipinski definition) is 1. The van der Waals surface area contributed by atoms with Gasteiger partial charge in [0.2, 0.25) is 0 Å². The molecule has 1 heterocycles. The molecule has 1 aliphatic carbocycles. The van der Waals surface area contributed by atoms with Gasteiger partial charge >= 0.3 is 0 Å². The fourth-order valence-corrected chi connectivity index (χ4v) is 3.51. The van der Waals surface area contributed by atoms with E-state index < -0.39 is 0 Å². The van der Waals surface area contributed by atoms with Crippen LogP contribution < -0.4 is 0 Å². The number of allylic oxidation sites excluding steroid dienone is 3. The minimum atomic E-state index is 0.141. The maximum absolute atomic E-state index is 2.28. The van der Waals surface area contributed by atoms with Gasteiger partial charge in [-0.25, -0.2) is 0 Å². The molecule has 2 aromatic rings. The van der Waals surface area contributed by atoms with Gasteiger partial charge in [-0.2, -0.15) is 0 Å².